The van der Waals surface area contributed by atoms with Gasteiger partial charge in [-0.15, -0.1) is 0 Å². The summed E-state index contributed by atoms with van der Waals surface area (Å²) in [4.78, 5) is 16.7. The standard InChI is InChI=1S/C22H20F4N4O2/c1-10(21(31)28-19-9-18(29-30-19)22(24,25)26)20-13-7-12(8-14(13)20)32-17-4-5-27-16-3-2-11(23)6-15(16)17/h2-6,9-10,12-14,20H,7-8H2,1H3,(H2,28,29,30,31)/t10?,12-,13-,14+,20-. The van der Waals surface area contributed by atoms with E-state index < -0.39 is 11.9 Å². The van der Waals surface area contributed by atoms with E-state index in [2.05, 4.69) is 15.4 Å². The Bertz CT molecular complexity index is 1170. The molecule has 2 heterocycles. The van der Waals surface area contributed by atoms with Gasteiger partial charge in [-0.3, -0.25) is 14.9 Å². The van der Waals surface area contributed by atoms with E-state index in [0.717, 1.165) is 18.9 Å². The number of alkyl halides is 3. The Kier molecular flexibility index (Phi) is 4.83. The SMILES string of the molecule is CC(C(=O)Nc1cc(C(F)(F)F)[nH]n1)[C@@H]1[C@@H]2C[C@@H](Oc3ccnc4ccc(F)cc34)C[C@@H]21. The van der Waals surface area contributed by atoms with E-state index in [1.54, 1.807) is 25.3 Å². The van der Waals surface area contributed by atoms with Crippen LogP contribution in [0.2, 0.25) is 0 Å². The van der Waals surface area contributed by atoms with Crippen molar-refractivity contribution in [2.24, 2.45) is 23.7 Å². The second-order valence-electron chi connectivity index (χ2n) is 8.53. The molecule has 1 unspecified atom stereocenters. The molecule has 2 saturated carbocycles. The Morgan fingerprint density at radius 1 is 1.22 bits per heavy atom. The summed E-state index contributed by atoms with van der Waals surface area (Å²) in [5.41, 5.74) is -0.352. The highest BCUT2D eigenvalue weighted by molar-refractivity contribution is 5.92. The highest BCUT2D eigenvalue weighted by Gasteiger charge is 2.59. The van der Waals surface area contributed by atoms with Gasteiger partial charge in [-0.05, 0) is 54.9 Å². The zero-order chi connectivity index (χ0) is 22.6. The summed E-state index contributed by atoms with van der Waals surface area (Å²) < 4.78 is 57.8. The maximum atomic E-state index is 13.6. The first kappa shape index (κ1) is 20.7. The smallest absolute Gasteiger partial charge is 0.432 e. The van der Waals surface area contributed by atoms with Crippen molar-refractivity contribution in [3.8, 4) is 5.75 Å². The minimum atomic E-state index is -4.55. The zero-order valence-corrected chi connectivity index (χ0v) is 17.0. The van der Waals surface area contributed by atoms with Crippen molar-refractivity contribution in [3.05, 3.63) is 48.0 Å². The van der Waals surface area contributed by atoms with Crippen molar-refractivity contribution in [2.45, 2.75) is 32.0 Å². The number of carbonyl (C=O) groups is 1. The fourth-order valence-electron chi connectivity index (χ4n) is 5.00. The quantitative estimate of drug-likeness (QED) is 0.550. The normalized spacial score (nSPS) is 25.4. The average molecular weight is 448 g/mol. The van der Waals surface area contributed by atoms with Crippen LogP contribution in [0.5, 0.6) is 5.75 Å². The Balaban J connectivity index is 1.18. The number of hydrogen-bond donors (Lipinski definition) is 2. The van der Waals surface area contributed by atoms with Crippen molar-refractivity contribution < 1.29 is 27.1 Å². The summed E-state index contributed by atoms with van der Waals surface area (Å²) in [5, 5.41) is 8.49. The summed E-state index contributed by atoms with van der Waals surface area (Å²) >= 11 is 0. The van der Waals surface area contributed by atoms with Gasteiger partial charge in [0.25, 0.3) is 0 Å². The van der Waals surface area contributed by atoms with Crippen LogP contribution in [-0.2, 0) is 11.0 Å². The summed E-state index contributed by atoms with van der Waals surface area (Å²) in [6.07, 6.45) is -1.42. The molecule has 2 aromatic heterocycles. The molecule has 6 nitrogen and oxygen atoms in total. The van der Waals surface area contributed by atoms with Gasteiger partial charge in [0, 0.05) is 23.6 Å². The molecule has 10 heteroatoms. The number of carbonyl (C=O) groups excluding carboxylic acids is 1. The number of benzene rings is 1. The van der Waals surface area contributed by atoms with Crippen LogP contribution in [0.15, 0.2) is 36.5 Å². The third-order valence-corrected chi connectivity index (χ3v) is 6.55. The number of pyridine rings is 1. The van der Waals surface area contributed by atoms with Gasteiger partial charge in [-0.2, -0.15) is 18.3 Å². The number of rotatable bonds is 5. The molecule has 2 aliphatic carbocycles. The van der Waals surface area contributed by atoms with Crippen molar-refractivity contribution >= 4 is 22.6 Å². The maximum Gasteiger partial charge on any atom is 0.432 e. The van der Waals surface area contributed by atoms with Crippen molar-refractivity contribution in [3.63, 3.8) is 0 Å². The third kappa shape index (κ3) is 3.78. The van der Waals surface area contributed by atoms with Gasteiger partial charge in [0.15, 0.2) is 5.82 Å². The second-order valence-corrected chi connectivity index (χ2v) is 8.53. The topological polar surface area (TPSA) is 79.9 Å². The molecule has 0 aliphatic heterocycles. The van der Waals surface area contributed by atoms with E-state index in [0.29, 0.717) is 28.5 Å². The molecule has 0 saturated heterocycles. The van der Waals surface area contributed by atoms with Crippen LogP contribution in [0.4, 0.5) is 23.4 Å². The van der Waals surface area contributed by atoms with E-state index in [1.165, 1.54) is 12.1 Å². The number of nitrogens with zero attached hydrogens (tertiary/aromatic N) is 2. The lowest BCUT2D eigenvalue weighted by Gasteiger charge is -2.20. The summed E-state index contributed by atoms with van der Waals surface area (Å²) in [6, 6.07) is 6.87. The lowest BCUT2D eigenvalue weighted by molar-refractivity contribution is -0.141. The molecule has 2 aliphatic rings. The molecular formula is C22H20F4N4O2. The van der Waals surface area contributed by atoms with Gasteiger partial charge >= 0.3 is 6.18 Å². The van der Waals surface area contributed by atoms with Gasteiger partial charge in [-0.1, -0.05) is 6.92 Å². The minimum absolute atomic E-state index is 0.0361. The molecule has 2 N–H and O–H groups in total. The number of halogens is 4. The first-order valence-corrected chi connectivity index (χ1v) is 10.3. The van der Waals surface area contributed by atoms with Crippen molar-refractivity contribution in [2.75, 3.05) is 5.32 Å². The molecule has 32 heavy (non-hydrogen) atoms. The molecule has 0 spiro atoms. The lowest BCUT2D eigenvalue weighted by atomic mass is 9.97. The lowest BCUT2D eigenvalue weighted by Crippen LogP contribution is -2.25. The number of nitrogens with one attached hydrogen (secondary N) is 2. The zero-order valence-electron chi connectivity index (χ0n) is 17.0. The minimum Gasteiger partial charge on any atom is -0.490 e. The molecular weight excluding hydrogens is 428 g/mol. The fraction of sp³-hybridized carbons (Fsp3) is 0.409. The van der Waals surface area contributed by atoms with Gasteiger partial charge < -0.3 is 10.1 Å². The first-order chi connectivity index (χ1) is 15.2. The number of hydrogen-bond acceptors (Lipinski definition) is 4. The van der Waals surface area contributed by atoms with Crippen molar-refractivity contribution in [1.82, 2.24) is 15.2 Å². The molecule has 5 atom stereocenters. The van der Waals surface area contributed by atoms with E-state index in [9.17, 15) is 22.4 Å². The van der Waals surface area contributed by atoms with Crippen LogP contribution in [-0.4, -0.2) is 27.2 Å². The number of ether oxygens (including phenoxy) is 1. The summed E-state index contributed by atoms with van der Waals surface area (Å²) in [7, 11) is 0. The second kappa shape index (κ2) is 7.46. The van der Waals surface area contributed by atoms with Crippen LogP contribution >= 0.6 is 0 Å². The molecule has 168 valence electrons. The number of aromatic amines is 1. The molecule has 2 fully saturated rings. The highest BCUT2D eigenvalue weighted by Crippen LogP contribution is 2.61. The number of amides is 1. The molecule has 0 radical (unpaired) electrons. The molecule has 3 aromatic rings. The predicted octanol–water partition coefficient (Wildman–Crippen LogP) is 4.79. The van der Waals surface area contributed by atoms with Crippen LogP contribution in [0.25, 0.3) is 10.9 Å². The number of H-pyrrole nitrogens is 1. The largest absolute Gasteiger partial charge is 0.490 e. The molecule has 0 bridgehead atoms. The van der Waals surface area contributed by atoms with E-state index in [4.69, 9.17) is 4.74 Å². The summed E-state index contributed by atoms with van der Waals surface area (Å²) in [6.45, 7) is 1.78. The van der Waals surface area contributed by atoms with Crippen LogP contribution in [0, 0.1) is 29.5 Å². The van der Waals surface area contributed by atoms with E-state index >= 15 is 0 Å². The Morgan fingerprint density at radius 3 is 2.66 bits per heavy atom. The fourth-order valence-corrected chi connectivity index (χ4v) is 5.00. The number of anilines is 1. The monoisotopic (exact) mass is 448 g/mol. The van der Waals surface area contributed by atoms with Gasteiger partial charge in [0.05, 0.1) is 11.6 Å². The molecule has 1 amide bonds. The summed E-state index contributed by atoms with van der Waals surface area (Å²) in [5.74, 6) is 0.169. The third-order valence-electron chi connectivity index (χ3n) is 6.55. The van der Waals surface area contributed by atoms with E-state index in [-0.39, 0.29) is 35.5 Å². The average Bonchev–Trinajstić information content (AvgIpc) is 3.08. The highest BCUT2D eigenvalue weighted by atomic mass is 19.4. The van der Waals surface area contributed by atoms with Gasteiger partial charge in [-0.25, -0.2) is 4.39 Å². The predicted molar refractivity (Wildman–Crippen MR) is 107 cm³/mol. The first-order valence-electron chi connectivity index (χ1n) is 10.3. The van der Waals surface area contributed by atoms with E-state index in [1.807, 2.05) is 5.10 Å². The Morgan fingerprint density at radius 2 is 1.97 bits per heavy atom. The number of fused-ring (bicyclic) bond motifs is 2. The molecule has 5 rings (SSSR count). The van der Waals surface area contributed by atoms with Crippen LogP contribution in [0.3, 0.4) is 0 Å². The Hall–Kier alpha value is -3.17. The van der Waals surface area contributed by atoms with Gasteiger partial charge in [0.2, 0.25) is 5.91 Å². The number of aromatic nitrogens is 3. The molecule has 1 aromatic carbocycles. The van der Waals surface area contributed by atoms with Gasteiger partial charge in [0.1, 0.15) is 17.3 Å². The van der Waals surface area contributed by atoms with Crippen LogP contribution < -0.4 is 10.1 Å². The maximum absolute atomic E-state index is 13.6. The Labute approximate surface area is 180 Å². The van der Waals surface area contributed by atoms with Crippen LogP contribution in [0.1, 0.15) is 25.5 Å². The van der Waals surface area contributed by atoms with Crippen molar-refractivity contribution in [1.29, 1.82) is 0 Å².